The van der Waals surface area contributed by atoms with E-state index < -0.39 is 0 Å². The molecule has 0 aromatic heterocycles. The summed E-state index contributed by atoms with van der Waals surface area (Å²) in [6, 6.07) is 8.05. The summed E-state index contributed by atoms with van der Waals surface area (Å²) >= 11 is 0. The maximum absolute atomic E-state index is 11.7. The van der Waals surface area contributed by atoms with Crippen molar-refractivity contribution >= 4 is 6.09 Å². The number of nitrogens with zero attached hydrogens (tertiary/aromatic N) is 1. The summed E-state index contributed by atoms with van der Waals surface area (Å²) in [4.78, 5) is 13.4. The first-order valence-corrected chi connectivity index (χ1v) is 5.88. The first-order chi connectivity index (χ1) is 8.15. The number of amides is 1. The van der Waals surface area contributed by atoms with Gasteiger partial charge in [0.25, 0.3) is 0 Å². The van der Waals surface area contributed by atoms with Gasteiger partial charge in [-0.1, -0.05) is 29.8 Å². The zero-order valence-corrected chi connectivity index (χ0v) is 10.1. The van der Waals surface area contributed by atoms with Gasteiger partial charge < -0.3 is 15.4 Å². The zero-order chi connectivity index (χ0) is 12.3. The lowest BCUT2D eigenvalue weighted by molar-refractivity contribution is 0.104. The number of hydrogen-bond donors (Lipinski definition) is 1. The number of likely N-dealkylation sites (tertiary alicyclic amines) is 1. The van der Waals surface area contributed by atoms with Gasteiger partial charge in [0.2, 0.25) is 0 Å². The highest BCUT2D eigenvalue weighted by Gasteiger charge is 2.24. The number of rotatable bonds is 2. The molecule has 1 heterocycles. The SMILES string of the molecule is Cc1cccc(COC(=O)N2CCC(N)C2)c1. The molecule has 1 saturated heterocycles. The molecule has 92 valence electrons. The molecule has 0 bridgehead atoms. The Morgan fingerprint density at radius 1 is 1.59 bits per heavy atom. The molecule has 4 nitrogen and oxygen atoms in total. The van der Waals surface area contributed by atoms with Crippen molar-refractivity contribution in [1.29, 1.82) is 0 Å². The second-order valence-corrected chi connectivity index (χ2v) is 4.54. The number of hydrogen-bond acceptors (Lipinski definition) is 3. The van der Waals surface area contributed by atoms with Gasteiger partial charge in [-0.3, -0.25) is 0 Å². The number of carbonyl (C=O) groups excluding carboxylic acids is 1. The molecule has 0 spiro atoms. The normalized spacial score (nSPS) is 19.4. The number of ether oxygens (including phenoxy) is 1. The van der Waals surface area contributed by atoms with Crippen molar-refractivity contribution in [1.82, 2.24) is 4.90 Å². The van der Waals surface area contributed by atoms with Crippen molar-refractivity contribution in [3.63, 3.8) is 0 Å². The number of aryl methyl sites for hydroxylation is 1. The van der Waals surface area contributed by atoms with Crippen LogP contribution in [0.25, 0.3) is 0 Å². The van der Waals surface area contributed by atoms with Gasteiger partial charge in [-0.2, -0.15) is 0 Å². The first-order valence-electron chi connectivity index (χ1n) is 5.88. The van der Waals surface area contributed by atoms with Crippen molar-refractivity contribution in [2.75, 3.05) is 13.1 Å². The van der Waals surface area contributed by atoms with Gasteiger partial charge >= 0.3 is 6.09 Å². The van der Waals surface area contributed by atoms with Crippen molar-refractivity contribution in [3.05, 3.63) is 35.4 Å². The summed E-state index contributed by atoms with van der Waals surface area (Å²) < 4.78 is 5.25. The van der Waals surface area contributed by atoms with Crippen LogP contribution in [0, 0.1) is 6.92 Å². The van der Waals surface area contributed by atoms with E-state index in [0.717, 1.165) is 12.0 Å². The molecule has 4 heteroatoms. The molecular weight excluding hydrogens is 216 g/mol. The highest BCUT2D eigenvalue weighted by Crippen LogP contribution is 2.11. The van der Waals surface area contributed by atoms with E-state index in [-0.39, 0.29) is 12.1 Å². The average Bonchev–Trinajstić information content (AvgIpc) is 2.73. The predicted octanol–water partition coefficient (Wildman–Crippen LogP) is 1.66. The van der Waals surface area contributed by atoms with Crippen LogP contribution in [0.5, 0.6) is 0 Å². The van der Waals surface area contributed by atoms with E-state index in [4.69, 9.17) is 10.5 Å². The molecule has 1 atom stereocenters. The molecule has 0 aliphatic carbocycles. The Morgan fingerprint density at radius 3 is 3.06 bits per heavy atom. The Balaban J connectivity index is 1.84. The maximum atomic E-state index is 11.7. The van der Waals surface area contributed by atoms with Crippen molar-refractivity contribution in [2.24, 2.45) is 5.73 Å². The number of nitrogens with two attached hydrogens (primary N) is 1. The summed E-state index contributed by atoms with van der Waals surface area (Å²) in [5.74, 6) is 0. The van der Waals surface area contributed by atoms with E-state index in [9.17, 15) is 4.79 Å². The maximum Gasteiger partial charge on any atom is 0.410 e. The molecule has 1 aliphatic heterocycles. The van der Waals surface area contributed by atoms with Gasteiger partial charge in [-0.05, 0) is 18.9 Å². The van der Waals surface area contributed by atoms with Crippen LogP contribution in [-0.2, 0) is 11.3 Å². The van der Waals surface area contributed by atoms with E-state index in [2.05, 4.69) is 0 Å². The molecule has 0 saturated carbocycles. The van der Waals surface area contributed by atoms with Crippen LogP contribution in [0.2, 0.25) is 0 Å². The number of benzene rings is 1. The van der Waals surface area contributed by atoms with E-state index in [1.807, 2.05) is 31.2 Å². The minimum Gasteiger partial charge on any atom is -0.445 e. The second-order valence-electron chi connectivity index (χ2n) is 4.54. The van der Waals surface area contributed by atoms with Crippen molar-refractivity contribution in [3.8, 4) is 0 Å². The molecule has 1 unspecified atom stereocenters. The molecule has 2 rings (SSSR count). The number of carbonyl (C=O) groups is 1. The smallest absolute Gasteiger partial charge is 0.410 e. The second kappa shape index (κ2) is 5.19. The summed E-state index contributed by atoms with van der Waals surface area (Å²) in [5.41, 5.74) is 7.92. The van der Waals surface area contributed by atoms with E-state index >= 15 is 0 Å². The minimum absolute atomic E-state index is 0.0986. The summed E-state index contributed by atoms with van der Waals surface area (Å²) in [5, 5.41) is 0. The summed E-state index contributed by atoms with van der Waals surface area (Å²) in [6.07, 6.45) is 0.596. The highest BCUT2D eigenvalue weighted by molar-refractivity contribution is 5.68. The van der Waals surface area contributed by atoms with Crippen LogP contribution in [-0.4, -0.2) is 30.1 Å². The molecule has 1 aromatic rings. The molecule has 17 heavy (non-hydrogen) atoms. The largest absolute Gasteiger partial charge is 0.445 e. The minimum atomic E-state index is -0.264. The topological polar surface area (TPSA) is 55.6 Å². The zero-order valence-electron chi connectivity index (χ0n) is 10.1. The molecule has 1 fully saturated rings. The molecule has 1 aromatic carbocycles. The van der Waals surface area contributed by atoms with Gasteiger partial charge in [0.1, 0.15) is 6.61 Å². The molecule has 0 radical (unpaired) electrons. The Labute approximate surface area is 101 Å². The van der Waals surface area contributed by atoms with Gasteiger partial charge in [0.15, 0.2) is 0 Å². The molecule has 1 amide bonds. The fourth-order valence-corrected chi connectivity index (χ4v) is 1.99. The Bertz CT molecular complexity index is 406. The average molecular weight is 234 g/mol. The summed E-state index contributed by atoms with van der Waals surface area (Å²) in [7, 11) is 0. The lowest BCUT2D eigenvalue weighted by Gasteiger charge is -2.15. The Morgan fingerprint density at radius 2 is 2.41 bits per heavy atom. The van der Waals surface area contributed by atoms with Crippen LogP contribution in [0.3, 0.4) is 0 Å². The third kappa shape index (κ3) is 3.20. The highest BCUT2D eigenvalue weighted by atomic mass is 16.6. The van der Waals surface area contributed by atoms with Gasteiger partial charge in [0.05, 0.1) is 0 Å². The molecule has 2 N–H and O–H groups in total. The molecule has 1 aliphatic rings. The van der Waals surface area contributed by atoms with Gasteiger partial charge in [-0.25, -0.2) is 4.79 Å². The quantitative estimate of drug-likeness (QED) is 0.846. The van der Waals surface area contributed by atoms with Crippen LogP contribution >= 0.6 is 0 Å². The first kappa shape index (κ1) is 11.9. The third-order valence-corrected chi connectivity index (χ3v) is 2.93. The lowest BCUT2D eigenvalue weighted by Crippen LogP contribution is -2.32. The fourth-order valence-electron chi connectivity index (χ4n) is 1.99. The van der Waals surface area contributed by atoms with Crippen LogP contribution < -0.4 is 5.73 Å². The third-order valence-electron chi connectivity index (χ3n) is 2.93. The van der Waals surface area contributed by atoms with Gasteiger partial charge in [-0.15, -0.1) is 0 Å². The van der Waals surface area contributed by atoms with Crippen molar-refractivity contribution in [2.45, 2.75) is 26.0 Å². The van der Waals surface area contributed by atoms with Crippen LogP contribution in [0.15, 0.2) is 24.3 Å². The van der Waals surface area contributed by atoms with Crippen LogP contribution in [0.4, 0.5) is 4.79 Å². The standard InChI is InChI=1S/C13H18N2O2/c1-10-3-2-4-11(7-10)9-17-13(16)15-6-5-12(14)8-15/h2-4,7,12H,5-6,8-9,14H2,1H3. The van der Waals surface area contributed by atoms with E-state index in [0.29, 0.717) is 19.7 Å². The predicted molar refractivity (Wildman–Crippen MR) is 65.5 cm³/mol. The van der Waals surface area contributed by atoms with Crippen LogP contribution in [0.1, 0.15) is 17.5 Å². The fraction of sp³-hybridized carbons (Fsp3) is 0.462. The molecular formula is C13H18N2O2. The Hall–Kier alpha value is -1.55. The van der Waals surface area contributed by atoms with Gasteiger partial charge in [0, 0.05) is 19.1 Å². The van der Waals surface area contributed by atoms with Crippen molar-refractivity contribution < 1.29 is 9.53 Å². The Kier molecular flexibility index (Phi) is 3.64. The van der Waals surface area contributed by atoms with E-state index in [1.54, 1.807) is 4.90 Å². The summed E-state index contributed by atoms with van der Waals surface area (Å²) in [6.45, 7) is 3.65. The van der Waals surface area contributed by atoms with E-state index in [1.165, 1.54) is 5.56 Å². The monoisotopic (exact) mass is 234 g/mol. The lowest BCUT2D eigenvalue weighted by atomic mass is 10.1.